The lowest BCUT2D eigenvalue weighted by atomic mass is 10.2. The highest BCUT2D eigenvalue weighted by atomic mass is 35.5. The number of imidazole rings is 1. The van der Waals surface area contributed by atoms with Crippen LogP contribution in [0.1, 0.15) is 5.56 Å². The quantitative estimate of drug-likeness (QED) is 0.374. The molecule has 0 unspecified atom stereocenters. The number of benzene rings is 2. The van der Waals surface area contributed by atoms with E-state index in [0.29, 0.717) is 64.8 Å². The van der Waals surface area contributed by atoms with Crippen LogP contribution in [0.15, 0.2) is 42.5 Å². The molecule has 0 saturated carbocycles. The van der Waals surface area contributed by atoms with E-state index in [1.807, 2.05) is 4.90 Å². The third-order valence-electron chi connectivity index (χ3n) is 5.45. The van der Waals surface area contributed by atoms with Crippen LogP contribution in [0.2, 0.25) is 10.0 Å². The van der Waals surface area contributed by atoms with Crippen molar-refractivity contribution in [3.05, 3.63) is 58.1 Å². The number of hydrogen-bond acceptors (Lipinski definition) is 7. The van der Waals surface area contributed by atoms with Gasteiger partial charge in [0, 0.05) is 18.8 Å². The van der Waals surface area contributed by atoms with Gasteiger partial charge >= 0.3 is 6.18 Å². The summed E-state index contributed by atoms with van der Waals surface area (Å²) in [5.74, 6) is 0.711. The Kier molecular flexibility index (Phi) is 6.07. The lowest BCUT2D eigenvalue weighted by Crippen LogP contribution is -2.37. The fourth-order valence-electron chi connectivity index (χ4n) is 3.76. The van der Waals surface area contributed by atoms with Crippen LogP contribution in [0.3, 0.4) is 0 Å². The first-order valence-electron chi connectivity index (χ1n) is 10.5. The maximum Gasteiger partial charge on any atom is 0.416 e. The van der Waals surface area contributed by atoms with Crippen molar-refractivity contribution in [3.8, 4) is 5.69 Å². The number of morpholine rings is 1. The molecule has 35 heavy (non-hydrogen) atoms. The van der Waals surface area contributed by atoms with E-state index in [9.17, 15) is 13.2 Å². The van der Waals surface area contributed by atoms with Gasteiger partial charge in [0.25, 0.3) is 0 Å². The maximum absolute atomic E-state index is 13.0. The molecule has 0 bridgehead atoms. The highest BCUT2D eigenvalue weighted by Crippen LogP contribution is 2.36. The van der Waals surface area contributed by atoms with Crippen molar-refractivity contribution in [1.29, 1.82) is 0 Å². The second-order valence-electron chi connectivity index (χ2n) is 7.72. The summed E-state index contributed by atoms with van der Waals surface area (Å²) in [7, 11) is 0. The number of rotatable bonds is 4. The summed E-state index contributed by atoms with van der Waals surface area (Å²) in [5.41, 5.74) is 6.93. The van der Waals surface area contributed by atoms with E-state index in [4.69, 9.17) is 38.7 Å². The van der Waals surface area contributed by atoms with Crippen molar-refractivity contribution in [2.45, 2.75) is 6.18 Å². The third-order valence-corrected chi connectivity index (χ3v) is 6.06. The maximum atomic E-state index is 13.0. The summed E-state index contributed by atoms with van der Waals surface area (Å²) in [5, 5.41) is 3.73. The Hall–Kier alpha value is -3.28. The second kappa shape index (κ2) is 9.06. The van der Waals surface area contributed by atoms with Crippen LogP contribution in [-0.4, -0.2) is 45.8 Å². The Bertz CT molecular complexity index is 1370. The molecule has 0 aliphatic carbocycles. The number of para-hydroxylation sites is 1. The molecule has 182 valence electrons. The molecule has 2 aromatic carbocycles. The van der Waals surface area contributed by atoms with Crippen LogP contribution in [-0.2, 0) is 10.9 Å². The number of alkyl halides is 3. The molecule has 3 heterocycles. The minimum Gasteiger partial charge on any atom is -0.378 e. The molecule has 4 aromatic rings. The van der Waals surface area contributed by atoms with Gasteiger partial charge in [0.2, 0.25) is 11.9 Å². The van der Waals surface area contributed by atoms with Crippen LogP contribution in [0.4, 0.5) is 36.6 Å². The zero-order valence-corrected chi connectivity index (χ0v) is 19.5. The number of aromatic nitrogens is 4. The predicted octanol–water partition coefficient (Wildman–Crippen LogP) is 5.30. The van der Waals surface area contributed by atoms with E-state index < -0.39 is 11.7 Å². The van der Waals surface area contributed by atoms with Crippen molar-refractivity contribution < 1.29 is 17.9 Å². The number of nitrogen functional groups attached to an aromatic ring is 1. The van der Waals surface area contributed by atoms with E-state index in [1.165, 1.54) is 16.7 Å². The molecular weight excluding hydrogens is 506 g/mol. The Labute approximate surface area is 207 Å². The molecular formula is C22H18Cl2F3N7O. The zero-order valence-electron chi connectivity index (χ0n) is 18.0. The Balaban J connectivity index is 1.66. The normalized spacial score (nSPS) is 14.5. The lowest BCUT2D eigenvalue weighted by molar-refractivity contribution is -0.137. The smallest absolute Gasteiger partial charge is 0.378 e. The van der Waals surface area contributed by atoms with E-state index in [2.05, 4.69) is 15.3 Å². The Morgan fingerprint density at radius 3 is 2.23 bits per heavy atom. The van der Waals surface area contributed by atoms with Crippen LogP contribution in [0.5, 0.6) is 0 Å². The number of anilines is 4. The molecule has 0 radical (unpaired) electrons. The second-order valence-corrected chi connectivity index (χ2v) is 8.53. The van der Waals surface area contributed by atoms with Gasteiger partial charge in [0.05, 0.1) is 34.5 Å². The van der Waals surface area contributed by atoms with Crippen LogP contribution in [0, 0.1) is 0 Å². The fourth-order valence-corrected chi connectivity index (χ4v) is 4.32. The summed E-state index contributed by atoms with van der Waals surface area (Å²) in [6, 6.07) is 9.64. The molecule has 1 saturated heterocycles. The molecule has 2 aromatic heterocycles. The van der Waals surface area contributed by atoms with Gasteiger partial charge in [-0.2, -0.15) is 23.1 Å². The first kappa shape index (κ1) is 23.5. The highest BCUT2D eigenvalue weighted by Gasteiger charge is 2.30. The van der Waals surface area contributed by atoms with Gasteiger partial charge in [-0.25, -0.2) is 4.98 Å². The average molecular weight is 524 g/mol. The van der Waals surface area contributed by atoms with Crippen molar-refractivity contribution in [2.24, 2.45) is 0 Å². The highest BCUT2D eigenvalue weighted by molar-refractivity contribution is 6.38. The van der Waals surface area contributed by atoms with Crippen molar-refractivity contribution in [1.82, 2.24) is 19.5 Å². The number of nitrogens with zero attached hydrogens (tertiary/aromatic N) is 5. The minimum atomic E-state index is -4.44. The first-order chi connectivity index (χ1) is 16.7. The molecule has 0 atom stereocenters. The first-order valence-corrected chi connectivity index (χ1v) is 11.3. The topological polar surface area (TPSA) is 94.1 Å². The van der Waals surface area contributed by atoms with Gasteiger partial charge in [0.1, 0.15) is 0 Å². The number of nitrogens with one attached hydrogen (secondary N) is 1. The summed E-state index contributed by atoms with van der Waals surface area (Å²) in [6.07, 6.45) is -4.44. The van der Waals surface area contributed by atoms with Crippen LogP contribution >= 0.6 is 23.2 Å². The molecule has 1 aliphatic heterocycles. The average Bonchev–Trinajstić information content (AvgIpc) is 3.15. The number of hydrogen-bond donors (Lipinski definition) is 2. The van der Waals surface area contributed by atoms with Gasteiger partial charge in [0.15, 0.2) is 17.0 Å². The standard InChI is InChI=1S/C22H18Cl2F3N7O/c23-14-2-1-3-15(24)17(14)34-19-16(30-20(34)28)18(31-21(32-19)33-8-10-35-11-9-33)29-13-6-4-12(5-7-13)22(25,26)27/h1-7H,8-11H2,(H2,28,30)(H,29,31,32). The van der Waals surface area contributed by atoms with Crippen molar-refractivity contribution in [3.63, 3.8) is 0 Å². The van der Waals surface area contributed by atoms with Gasteiger partial charge in [-0.05, 0) is 36.4 Å². The molecule has 1 fully saturated rings. The number of nitrogens with two attached hydrogens (primary N) is 1. The third kappa shape index (κ3) is 4.54. The molecule has 0 spiro atoms. The van der Waals surface area contributed by atoms with Gasteiger partial charge < -0.3 is 20.7 Å². The van der Waals surface area contributed by atoms with Crippen LogP contribution < -0.4 is 16.0 Å². The number of ether oxygens (including phenoxy) is 1. The SMILES string of the molecule is Nc1nc2c(Nc3ccc(C(F)(F)F)cc3)nc(N3CCOCC3)nc2n1-c1c(Cl)cccc1Cl. The van der Waals surface area contributed by atoms with Crippen molar-refractivity contribution in [2.75, 3.05) is 42.3 Å². The number of halogens is 5. The van der Waals surface area contributed by atoms with Crippen molar-refractivity contribution >= 4 is 57.8 Å². The summed E-state index contributed by atoms with van der Waals surface area (Å²) in [4.78, 5) is 15.7. The van der Waals surface area contributed by atoms with E-state index in [0.717, 1.165) is 12.1 Å². The summed E-state index contributed by atoms with van der Waals surface area (Å²) >= 11 is 12.9. The minimum absolute atomic E-state index is 0.0684. The van der Waals surface area contributed by atoms with Gasteiger partial charge in [-0.15, -0.1) is 0 Å². The number of fused-ring (bicyclic) bond motifs is 1. The van der Waals surface area contributed by atoms with Gasteiger partial charge in [-0.3, -0.25) is 4.57 Å². The molecule has 3 N–H and O–H groups in total. The molecule has 8 nitrogen and oxygen atoms in total. The lowest BCUT2D eigenvalue weighted by Gasteiger charge is -2.27. The zero-order chi connectivity index (χ0) is 24.7. The Morgan fingerprint density at radius 2 is 1.60 bits per heavy atom. The monoisotopic (exact) mass is 523 g/mol. The molecule has 13 heteroatoms. The molecule has 1 aliphatic rings. The predicted molar refractivity (Wildman–Crippen MR) is 129 cm³/mol. The molecule has 5 rings (SSSR count). The largest absolute Gasteiger partial charge is 0.416 e. The van der Waals surface area contributed by atoms with Gasteiger partial charge in [-0.1, -0.05) is 29.3 Å². The Morgan fingerprint density at radius 1 is 0.943 bits per heavy atom. The fraction of sp³-hybridized carbons (Fsp3) is 0.227. The van der Waals surface area contributed by atoms with E-state index >= 15 is 0 Å². The summed E-state index contributed by atoms with van der Waals surface area (Å²) < 4.78 is 45.9. The van der Waals surface area contributed by atoms with Crippen LogP contribution in [0.25, 0.3) is 16.9 Å². The van der Waals surface area contributed by atoms with E-state index in [1.54, 1.807) is 18.2 Å². The van der Waals surface area contributed by atoms with E-state index in [-0.39, 0.29) is 11.8 Å². The summed E-state index contributed by atoms with van der Waals surface area (Å²) in [6.45, 7) is 2.12. The molecule has 0 amide bonds.